The molecule has 0 aromatic carbocycles. The molecule has 0 amide bonds. The molecule has 138 valence electrons. The van der Waals surface area contributed by atoms with E-state index in [0.29, 0.717) is 17.1 Å². The van der Waals surface area contributed by atoms with Crippen LogP contribution in [-0.4, -0.2) is 42.1 Å². The Balaban J connectivity index is 2.11. The van der Waals surface area contributed by atoms with Crippen molar-refractivity contribution in [3.63, 3.8) is 0 Å². The van der Waals surface area contributed by atoms with Gasteiger partial charge in [-0.2, -0.15) is 0 Å². The molecule has 0 saturated heterocycles. The first kappa shape index (κ1) is 17.9. The molecule has 2 N–H and O–H groups in total. The van der Waals surface area contributed by atoms with Crippen LogP contribution in [0.5, 0.6) is 0 Å². The quantitative estimate of drug-likeness (QED) is 0.768. The summed E-state index contributed by atoms with van der Waals surface area (Å²) in [6, 6.07) is 0. The first-order valence-electron chi connectivity index (χ1n) is 8.76. The van der Waals surface area contributed by atoms with E-state index in [2.05, 4.69) is 4.98 Å². The van der Waals surface area contributed by atoms with Crippen LogP contribution in [0.1, 0.15) is 32.6 Å². The standard InChI is InChI=1S/C17H26N4O4/c1-17(9-22,10-23)8-21-15(24)13-14(19(2)16(21)25)18-11-20(13)7-12-5-3-4-6-12/h11-12,22-23H,3-10H2,1-2H3. The summed E-state index contributed by atoms with van der Waals surface area (Å²) in [5.74, 6) is 0.530. The number of aryl methyl sites for hydroxylation is 1. The Kier molecular flexibility index (Phi) is 4.83. The van der Waals surface area contributed by atoms with E-state index in [1.165, 1.54) is 17.4 Å². The van der Waals surface area contributed by atoms with E-state index in [9.17, 15) is 19.8 Å². The van der Waals surface area contributed by atoms with Gasteiger partial charge in [-0.05, 0) is 18.8 Å². The zero-order valence-corrected chi connectivity index (χ0v) is 14.8. The maximum absolute atomic E-state index is 13.0. The Morgan fingerprint density at radius 3 is 2.48 bits per heavy atom. The van der Waals surface area contributed by atoms with E-state index in [-0.39, 0.29) is 19.8 Å². The molecular weight excluding hydrogens is 324 g/mol. The SMILES string of the molecule is Cn1c(=O)n(CC(C)(CO)CO)c(=O)c2c1ncn2CC1CCCC1. The first-order chi connectivity index (χ1) is 11.9. The Labute approximate surface area is 145 Å². The van der Waals surface area contributed by atoms with Crippen molar-refractivity contribution in [1.29, 1.82) is 0 Å². The van der Waals surface area contributed by atoms with Crippen molar-refractivity contribution in [2.24, 2.45) is 18.4 Å². The molecule has 1 fully saturated rings. The van der Waals surface area contributed by atoms with Crippen LogP contribution in [0.3, 0.4) is 0 Å². The zero-order valence-electron chi connectivity index (χ0n) is 14.8. The smallest absolute Gasteiger partial charge is 0.332 e. The minimum Gasteiger partial charge on any atom is -0.396 e. The summed E-state index contributed by atoms with van der Waals surface area (Å²) < 4.78 is 4.30. The molecule has 0 atom stereocenters. The van der Waals surface area contributed by atoms with E-state index in [4.69, 9.17) is 0 Å². The lowest BCUT2D eigenvalue weighted by molar-refractivity contribution is 0.0533. The van der Waals surface area contributed by atoms with Gasteiger partial charge in [0.2, 0.25) is 0 Å². The molecule has 25 heavy (non-hydrogen) atoms. The molecule has 2 aromatic heterocycles. The summed E-state index contributed by atoms with van der Waals surface area (Å²) in [6.07, 6.45) is 6.35. The lowest BCUT2D eigenvalue weighted by atomic mass is 9.93. The average Bonchev–Trinajstić information content (AvgIpc) is 3.27. The maximum Gasteiger partial charge on any atom is 0.332 e. The Morgan fingerprint density at radius 2 is 1.88 bits per heavy atom. The van der Waals surface area contributed by atoms with Crippen LogP contribution in [-0.2, 0) is 20.1 Å². The van der Waals surface area contributed by atoms with Crippen molar-refractivity contribution in [1.82, 2.24) is 18.7 Å². The van der Waals surface area contributed by atoms with E-state index < -0.39 is 16.7 Å². The molecule has 2 heterocycles. The van der Waals surface area contributed by atoms with Crippen LogP contribution in [0.4, 0.5) is 0 Å². The van der Waals surface area contributed by atoms with Crippen molar-refractivity contribution in [3.8, 4) is 0 Å². The number of fused-ring (bicyclic) bond motifs is 1. The highest BCUT2D eigenvalue weighted by Crippen LogP contribution is 2.26. The normalized spacial score (nSPS) is 16.2. The Morgan fingerprint density at radius 1 is 1.24 bits per heavy atom. The third kappa shape index (κ3) is 3.16. The van der Waals surface area contributed by atoms with Gasteiger partial charge in [0.15, 0.2) is 11.2 Å². The van der Waals surface area contributed by atoms with Crippen molar-refractivity contribution >= 4 is 11.2 Å². The molecule has 0 spiro atoms. The minimum atomic E-state index is -0.944. The monoisotopic (exact) mass is 350 g/mol. The third-order valence-corrected chi connectivity index (χ3v) is 5.33. The molecule has 1 saturated carbocycles. The van der Waals surface area contributed by atoms with Gasteiger partial charge in [-0.3, -0.25) is 13.9 Å². The van der Waals surface area contributed by atoms with Gasteiger partial charge in [0.25, 0.3) is 5.56 Å². The second-order valence-electron chi connectivity index (χ2n) is 7.58. The topological polar surface area (TPSA) is 102 Å². The van der Waals surface area contributed by atoms with Crippen LogP contribution in [0.2, 0.25) is 0 Å². The largest absolute Gasteiger partial charge is 0.396 e. The fourth-order valence-electron chi connectivity index (χ4n) is 3.60. The third-order valence-electron chi connectivity index (χ3n) is 5.33. The number of rotatable bonds is 6. The van der Waals surface area contributed by atoms with E-state index in [1.54, 1.807) is 20.3 Å². The fourth-order valence-corrected chi connectivity index (χ4v) is 3.60. The molecule has 8 heteroatoms. The molecule has 2 aromatic rings. The van der Waals surface area contributed by atoms with Gasteiger partial charge in [-0.15, -0.1) is 0 Å². The molecule has 0 bridgehead atoms. The number of hydrogen-bond acceptors (Lipinski definition) is 5. The summed E-state index contributed by atoms with van der Waals surface area (Å²) in [5, 5.41) is 19.0. The van der Waals surface area contributed by atoms with Crippen LogP contribution in [0.15, 0.2) is 15.9 Å². The molecule has 0 unspecified atom stereocenters. The van der Waals surface area contributed by atoms with E-state index >= 15 is 0 Å². The zero-order chi connectivity index (χ0) is 18.2. The lowest BCUT2D eigenvalue weighted by Gasteiger charge is -2.25. The molecule has 1 aliphatic carbocycles. The van der Waals surface area contributed by atoms with Crippen molar-refractivity contribution < 1.29 is 10.2 Å². The van der Waals surface area contributed by atoms with Crippen LogP contribution >= 0.6 is 0 Å². The maximum atomic E-state index is 13.0. The predicted octanol–water partition coefficient (Wildman–Crippen LogP) is 0.0778. The first-order valence-corrected chi connectivity index (χ1v) is 8.76. The molecular formula is C17H26N4O4. The highest BCUT2D eigenvalue weighted by Gasteiger charge is 2.27. The van der Waals surface area contributed by atoms with Crippen molar-refractivity contribution in [3.05, 3.63) is 27.2 Å². The van der Waals surface area contributed by atoms with Crippen molar-refractivity contribution in [2.75, 3.05) is 13.2 Å². The van der Waals surface area contributed by atoms with E-state index in [1.807, 2.05) is 4.57 Å². The second-order valence-corrected chi connectivity index (χ2v) is 7.58. The highest BCUT2D eigenvalue weighted by atomic mass is 16.3. The summed E-state index contributed by atoms with van der Waals surface area (Å²) in [6.45, 7) is 1.67. The average molecular weight is 350 g/mol. The van der Waals surface area contributed by atoms with E-state index in [0.717, 1.165) is 24.0 Å². The second kappa shape index (κ2) is 6.76. The van der Waals surface area contributed by atoms with Crippen LogP contribution in [0, 0.1) is 11.3 Å². The number of aromatic nitrogens is 4. The number of imidazole rings is 1. The summed E-state index contributed by atoms with van der Waals surface area (Å²) in [4.78, 5) is 29.8. The molecule has 3 rings (SSSR count). The Bertz CT molecular complexity index is 869. The molecule has 1 aliphatic rings. The van der Waals surface area contributed by atoms with Gasteiger partial charge in [0, 0.05) is 25.6 Å². The molecule has 0 aliphatic heterocycles. The van der Waals surface area contributed by atoms with Crippen LogP contribution in [0.25, 0.3) is 11.2 Å². The molecule has 0 radical (unpaired) electrons. The Hall–Kier alpha value is -1.93. The van der Waals surface area contributed by atoms with Gasteiger partial charge in [-0.25, -0.2) is 9.78 Å². The summed E-state index contributed by atoms with van der Waals surface area (Å²) in [5.41, 5.74) is -1.07. The number of aliphatic hydroxyl groups is 2. The van der Waals surface area contributed by atoms with Gasteiger partial charge >= 0.3 is 5.69 Å². The molecule has 8 nitrogen and oxygen atoms in total. The minimum absolute atomic E-state index is 0.0456. The van der Waals surface area contributed by atoms with Gasteiger partial charge < -0.3 is 14.8 Å². The highest BCUT2D eigenvalue weighted by molar-refractivity contribution is 5.69. The van der Waals surface area contributed by atoms with Crippen LogP contribution < -0.4 is 11.2 Å². The van der Waals surface area contributed by atoms with Gasteiger partial charge in [0.05, 0.1) is 19.5 Å². The number of hydrogen-bond donors (Lipinski definition) is 2. The fraction of sp³-hybridized carbons (Fsp3) is 0.706. The van der Waals surface area contributed by atoms with Crippen molar-refractivity contribution in [2.45, 2.75) is 45.7 Å². The lowest BCUT2D eigenvalue weighted by Crippen LogP contribution is -2.45. The summed E-state index contributed by atoms with van der Waals surface area (Å²) in [7, 11) is 1.59. The summed E-state index contributed by atoms with van der Waals surface area (Å²) >= 11 is 0. The number of nitrogens with zero attached hydrogens (tertiary/aromatic N) is 4. The predicted molar refractivity (Wildman–Crippen MR) is 93.5 cm³/mol. The van der Waals surface area contributed by atoms with Gasteiger partial charge in [-0.1, -0.05) is 19.8 Å². The number of aliphatic hydroxyl groups excluding tert-OH is 2. The van der Waals surface area contributed by atoms with Gasteiger partial charge in [0.1, 0.15) is 0 Å².